The third-order valence-corrected chi connectivity index (χ3v) is 9.23. The van der Waals surface area contributed by atoms with Crippen molar-refractivity contribution in [2.75, 3.05) is 5.73 Å². The number of H-pyrrole nitrogens is 2. The smallest absolute Gasteiger partial charge is 0.0997 e. The predicted octanol–water partition coefficient (Wildman–Crippen LogP) is 12.8. The fourth-order valence-electron chi connectivity index (χ4n) is 7.35. The normalized spacial score (nSPS) is 13.2. The molecule has 4 rings (SSSR count). The Morgan fingerprint density at radius 3 is 1.73 bits per heavy atom. The first-order valence-corrected chi connectivity index (χ1v) is 18.8. The third kappa shape index (κ3) is 13.9. The molecule has 282 valence electrons. The highest BCUT2D eigenvalue weighted by atomic mass is 15.1. The summed E-state index contributed by atoms with van der Waals surface area (Å²) in [6.45, 7) is 31.3. The molecule has 0 fully saturated rings. The fraction of sp³-hybridized carbons (Fsp3) is 0.468. The lowest BCUT2D eigenvalue weighted by molar-refractivity contribution is 0.262. The number of benzene rings is 3. The maximum atomic E-state index is 10.1. The van der Waals surface area contributed by atoms with Crippen molar-refractivity contribution in [3.63, 3.8) is 0 Å². The van der Waals surface area contributed by atoms with Crippen molar-refractivity contribution in [3.05, 3.63) is 124 Å². The number of aromatic nitrogens is 2. The maximum absolute atomic E-state index is 10.1. The average Bonchev–Trinajstić information content (AvgIpc) is 3.00. The summed E-state index contributed by atoms with van der Waals surface area (Å²) in [5, 5.41) is 16.0. The second-order valence-electron chi connectivity index (χ2n) is 18.1. The summed E-state index contributed by atoms with van der Waals surface area (Å²) in [6.07, 6.45) is 10.3. The molecule has 4 aromatic rings. The molecule has 0 aliphatic heterocycles. The molecule has 1 aromatic heterocycles. The molecule has 5 nitrogen and oxygen atoms in total. The minimum absolute atomic E-state index is 0.0100. The number of hydrogen-bond acceptors (Lipinski definition) is 3. The van der Waals surface area contributed by atoms with E-state index in [4.69, 9.17) is 11.5 Å². The number of allylic oxidation sites excluding steroid dienone is 5. The second-order valence-corrected chi connectivity index (χ2v) is 18.1. The van der Waals surface area contributed by atoms with Gasteiger partial charge < -0.3 is 11.5 Å². The first kappa shape index (κ1) is 43.7. The number of aromatic amines is 2. The van der Waals surface area contributed by atoms with Crippen LogP contribution in [0.15, 0.2) is 95.7 Å². The Balaban J connectivity index is 0.000000466. The summed E-state index contributed by atoms with van der Waals surface area (Å²) >= 11 is 0. The van der Waals surface area contributed by atoms with E-state index in [1.807, 2.05) is 68.5 Å². The number of nitrogens with zero attached hydrogens (tertiary/aromatic N) is 1. The molecule has 0 spiro atoms. The molecule has 1 heterocycles. The molecule has 0 bridgehead atoms. The Morgan fingerprint density at radius 1 is 0.788 bits per heavy atom. The largest absolute Gasteiger partial charge is 0.399 e. The van der Waals surface area contributed by atoms with Crippen LogP contribution in [0.2, 0.25) is 0 Å². The van der Waals surface area contributed by atoms with Crippen molar-refractivity contribution in [2.45, 2.75) is 128 Å². The van der Waals surface area contributed by atoms with Crippen LogP contribution >= 0.6 is 0 Å². The van der Waals surface area contributed by atoms with Crippen molar-refractivity contribution in [1.82, 2.24) is 10.2 Å². The van der Waals surface area contributed by atoms with E-state index in [0.29, 0.717) is 6.42 Å². The Hall–Kier alpha value is -4.43. The highest BCUT2D eigenvalue weighted by Gasteiger charge is 2.29. The van der Waals surface area contributed by atoms with E-state index < -0.39 is 0 Å². The van der Waals surface area contributed by atoms with Gasteiger partial charge in [0.25, 0.3) is 0 Å². The lowest BCUT2D eigenvalue weighted by atomic mass is 9.71. The van der Waals surface area contributed by atoms with Crippen LogP contribution in [0.1, 0.15) is 130 Å². The van der Waals surface area contributed by atoms with Crippen molar-refractivity contribution in [1.29, 1.82) is 5.26 Å². The van der Waals surface area contributed by atoms with Crippen LogP contribution in [0.5, 0.6) is 0 Å². The summed E-state index contributed by atoms with van der Waals surface area (Å²) in [5.41, 5.74) is 24.4. The number of fused-ring (bicyclic) bond motifs is 1. The number of nitriles is 1. The Morgan fingerprint density at radius 2 is 1.33 bits per heavy atom. The van der Waals surface area contributed by atoms with E-state index in [9.17, 15) is 5.26 Å². The summed E-state index contributed by atoms with van der Waals surface area (Å²) < 4.78 is 0. The van der Waals surface area contributed by atoms with Crippen LogP contribution in [-0.4, -0.2) is 10.2 Å². The zero-order valence-electron chi connectivity index (χ0n) is 34.9. The number of anilines is 1. The minimum Gasteiger partial charge on any atom is -0.399 e. The van der Waals surface area contributed by atoms with Gasteiger partial charge in [-0.25, -0.2) is 0 Å². The van der Waals surface area contributed by atoms with Crippen molar-refractivity contribution in [2.24, 2.45) is 22.0 Å². The third-order valence-electron chi connectivity index (χ3n) is 9.23. The highest BCUT2D eigenvalue weighted by molar-refractivity contribution is 5.75. The van der Waals surface area contributed by atoms with Gasteiger partial charge in [-0.05, 0) is 120 Å². The quantitative estimate of drug-likeness (QED) is 0.103. The number of nitrogens with two attached hydrogens (primary N) is 2. The van der Waals surface area contributed by atoms with Crippen LogP contribution in [0, 0.1) is 41.4 Å². The number of aryl methyl sites for hydroxylation is 2. The van der Waals surface area contributed by atoms with Gasteiger partial charge >= 0.3 is 0 Å². The average molecular weight is 704 g/mol. The molecule has 0 aliphatic carbocycles. The summed E-state index contributed by atoms with van der Waals surface area (Å²) in [7, 11) is 0. The Labute approximate surface area is 316 Å². The molecule has 0 amide bonds. The van der Waals surface area contributed by atoms with E-state index >= 15 is 0 Å². The molecule has 0 saturated heterocycles. The van der Waals surface area contributed by atoms with E-state index in [1.54, 1.807) is 0 Å². The molecule has 0 radical (unpaired) electrons. The molecule has 52 heavy (non-hydrogen) atoms. The van der Waals surface area contributed by atoms with Crippen LogP contribution in [0.25, 0.3) is 11.0 Å². The van der Waals surface area contributed by atoms with Gasteiger partial charge in [-0.2, -0.15) is 5.26 Å². The second kappa shape index (κ2) is 18.4. The van der Waals surface area contributed by atoms with Crippen molar-refractivity contribution >= 4 is 16.7 Å². The van der Waals surface area contributed by atoms with Crippen LogP contribution in [-0.2, 0) is 11.8 Å². The molecule has 0 saturated carbocycles. The Bertz CT molecular complexity index is 1820. The Kier molecular flexibility index (Phi) is 15.4. The van der Waals surface area contributed by atoms with Crippen LogP contribution < -0.4 is 11.5 Å². The first-order valence-electron chi connectivity index (χ1n) is 18.8. The molecule has 0 atom stereocenters. The molecule has 5 heteroatoms. The predicted molar refractivity (Wildman–Crippen MR) is 227 cm³/mol. The summed E-state index contributed by atoms with van der Waals surface area (Å²) in [6, 6.07) is 22.9. The number of nitrogens with one attached hydrogen (secondary N) is 2. The van der Waals surface area contributed by atoms with E-state index in [-0.39, 0.29) is 21.7 Å². The lowest BCUT2D eigenvalue weighted by Crippen LogP contribution is -2.25. The molecule has 0 unspecified atom stereocenters. The lowest BCUT2D eigenvalue weighted by Gasteiger charge is -2.34. The standard InChI is InChI=1S/C34H54N2.C7H9N.C6H6N2/c1-14-28(30(36)15-2)25(16-17-33(10,11)22-31(4,5)6)19-26-20-27(18-24(3)29(26)21-35)34(12,13)23-32(7,8)9;1-6-4-2-3-5-7(6)8;1-2-4-6-5(3-1)7-8-6/h15-18,20H,14,19,22-23,36H2,1-13H3;2-5H,8H2,1H3;1-4,7-8H/b17-16+,28-25+,30-15+;;. The SMILES string of the molecule is C\C=C(N)/C(CC)=C(\C=C\C(C)(C)CC(C)(C)C)Cc1cc(C(C)(C)CC(C)(C)C)cc(C)c1C#N.Cc1ccccc1N.c1ccc2[nH][nH]c2c1. The number of nitrogen functional groups attached to an aromatic ring is 1. The van der Waals surface area contributed by atoms with Crippen molar-refractivity contribution in [3.8, 4) is 6.07 Å². The molecular formula is C47H69N5. The van der Waals surface area contributed by atoms with Gasteiger partial charge in [0.1, 0.15) is 0 Å². The topological polar surface area (TPSA) is 107 Å². The van der Waals surface area contributed by atoms with Crippen LogP contribution in [0.3, 0.4) is 0 Å². The minimum atomic E-state index is 0.0100. The summed E-state index contributed by atoms with van der Waals surface area (Å²) in [4.78, 5) is 0. The zero-order valence-corrected chi connectivity index (χ0v) is 34.9. The van der Waals surface area contributed by atoms with E-state index in [0.717, 1.165) is 52.9 Å². The molecule has 3 aromatic carbocycles. The van der Waals surface area contributed by atoms with Gasteiger partial charge in [0.15, 0.2) is 0 Å². The number of rotatable bonds is 9. The van der Waals surface area contributed by atoms with E-state index in [1.165, 1.54) is 27.7 Å². The van der Waals surface area contributed by atoms with Gasteiger partial charge in [-0.1, -0.05) is 137 Å². The van der Waals surface area contributed by atoms with Gasteiger partial charge in [-0.3, -0.25) is 10.2 Å². The van der Waals surface area contributed by atoms with E-state index in [2.05, 4.69) is 124 Å². The fourth-order valence-corrected chi connectivity index (χ4v) is 7.35. The van der Waals surface area contributed by atoms with Gasteiger partial charge in [0.2, 0.25) is 0 Å². The maximum Gasteiger partial charge on any atom is 0.0997 e. The zero-order chi connectivity index (χ0) is 39.5. The first-order chi connectivity index (χ1) is 24.0. The molecule has 0 aliphatic rings. The number of para-hydroxylation sites is 3. The van der Waals surface area contributed by atoms with Gasteiger partial charge in [0.05, 0.1) is 22.7 Å². The molecular weight excluding hydrogens is 635 g/mol. The highest BCUT2D eigenvalue weighted by Crippen LogP contribution is 2.39. The van der Waals surface area contributed by atoms with Crippen molar-refractivity contribution < 1.29 is 0 Å². The van der Waals surface area contributed by atoms with Crippen LogP contribution in [0.4, 0.5) is 5.69 Å². The molecule has 6 N–H and O–H groups in total. The summed E-state index contributed by atoms with van der Waals surface area (Å²) in [5.74, 6) is 0. The van der Waals surface area contributed by atoms with Gasteiger partial charge in [-0.15, -0.1) is 0 Å². The van der Waals surface area contributed by atoms with Gasteiger partial charge in [0, 0.05) is 11.4 Å². The monoisotopic (exact) mass is 704 g/mol. The number of hydrogen-bond donors (Lipinski definition) is 4.